The predicted octanol–water partition coefficient (Wildman–Crippen LogP) is 2.07. The van der Waals surface area contributed by atoms with Crippen molar-refractivity contribution >= 4 is 17.4 Å². The highest BCUT2D eigenvalue weighted by molar-refractivity contribution is 6.30. The van der Waals surface area contributed by atoms with E-state index in [0.29, 0.717) is 17.5 Å². The number of hydrogen-bond acceptors (Lipinski definition) is 3. The van der Waals surface area contributed by atoms with Crippen LogP contribution in [-0.4, -0.2) is 22.8 Å². The highest BCUT2D eigenvalue weighted by Gasteiger charge is 2.08. The van der Waals surface area contributed by atoms with Gasteiger partial charge in [0.15, 0.2) is 6.19 Å². The third kappa shape index (κ3) is 2.93. The molecule has 0 amide bonds. The normalized spacial score (nSPS) is 10.9. The quantitative estimate of drug-likeness (QED) is 0.253. The summed E-state index contributed by atoms with van der Waals surface area (Å²) in [4.78, 5) is 9.34. The molecule has 78 valence electrons. The average molecular weight is 223 g/mol. The van der Waals surface area contributed by atoms with E-state index in [1.54, 1.807) is 26.2 Å². The summed E-state index contributed by atoms with van der Waals surface area (Å²) >= 11 is 5.89. The van der Waals surface area contributed by atoms with E-state index in [4.69, 9.17) is 16.9 Å². The molecule has 0 N–H and O–H groups in total. The summed E-state index contributed by atoms with van der Waals surface area (Å²) in [5, 5.41) is 9.33. The molecular weight excluding hydrogens is 212 g/mol. The van der Waals surface area contributed by atoms with Crippen molar-refractivity contribution in [1.29, 1.82) is 5.26 Å². The number of rotatable bonds is 2. The Balaban J connectivity index is 2.86. The number of aromatic nitrogens is 1. The van der Waals surface area contributed by atoms with Crippen molar-refractivity contribution in [3.05, 3.63) is 29.0 Å². The number of halogens is 1. The second kappa shape index (κ2) is 5.32. The summed E-state index contributed by atoms with van der Waals surface area (Å²) in [5.74, 6) is 0.650. The van der Waals surface area contributed by atoms with Crippen LogP contribution in [0.5, 0.6) is 0 Å². The molecule has 0 aliphatic rings. The van der Waals surface area contributed by atoms with Crippen molar-refractivity contribution in [2.45, 2.75) is 13.5 Å². The fourth-order valence-corrected chi connectivity index (χ4v) is 1.23. The minimum Gasteiger partial charge on any atom is -0.275 e. The van der Waals surface area contributed by atoms with Gasteiger partial charge in [0.1, 0.15) is 11.0 Å². The van der Waals surface area contributed by atoms with Crippen LogP contribution in [0.25, 0.3) is 0 Å². The number of amidine groups is 1. The third-order valence-corrected chi connectivity index (χ3v) is 2.34. The van der Waals surface area contributed by atoms with Gasteiger partial charge < -0.3 is 0 Å². The first kappa shape index (κ1) is 11.5. The molecule has 0 radical (unpaired) electrons. The van der Waals surface area contributed by atoms with Crippen LogP contribution in [0.4, 0.5) is 0 Å². The predicted molar refractivity (Wildman–Crippen MR) is 59.4 cm³/mol. The Hall–Kier alpha value is -1.60. The van der Waals surface area contributed by atoms with Crippen LogP contribution in [0.2, 0.25) is 5.15 Å². The van der Waals surface area contributed by atoms with Gasteiger partial charge in [0.05, 0.1) is 6.54 Å². The Morgan fingerprint density at radius 3 is 3.00 bits per heavy atom. The van der Waals surface area contributed by atoms with Crippen LogP contribution in [0, 0.1) is 11.5 Å². The van der Waals surface area contributed by atoms with Crippen LogP contribution in [0.1, 0.15) is 12.5 Å². The van der Waals surface area contributed by atoms with Gasteiger partial charge in [-0.25, -0.2) is 4.98 Å². The lowest BCUT2D eigenvalue weighted by atomic mass is 10.2. The van der Waals surface area contributed by atoms with Gasteiger partial charge in [-0.1, -0.05) is 17.7 Å². The molecule has 0 aliphatic carbocycles. The molecule has 0 fully saturated rings. The molecule has 4 nitrogen and oxygen atoms in total. The topological polar surface area (TPSA) is 52.3 Å². The van der Waals surface area contributed by atoms with Crippen LogP contribution in [-0.2, 0) is 6.54 Å². The Labute approximate surface area is 93.8 Å². The molecule has 0 saturated heterocycles. The average Bonchev–Trinajstić information content (AvgIpc) is 2.27. The molecular formula is C10H11ClN4. The molecule has 15 heavy (non-hydrogen) atoms. The first-order valence-corrected chi connectivity index (χ1v) is 4.77. The van der Waals surface area contributed by atoms with Gasteiger partial charge in [0.25, 0.3) is 0 Å². The van der Waals surface area contributed by atoms with Gasteiger partial charge in [-0.3, -0.25) is 9.89 Å². The summed E-state index contributed by atoms with van der Waals surface area (Å²) in [7, 11) is 1.64. The lowest BCUT2D eigenvalue weighted by molar-refractivity contribution is 0.565. The van der Waals surface area contributed by atoms with E-state index in [0.717, 1.165) is 5.56 Å². The minimum absolute atomic E-state index is 0.395. The van der Waals surface area contributed by atoms with Gasteiger partial charge in [-0.05, 0) is 13.0 Å². The van der Waals surface area contributed by atoms with E-state index in [-0.39, 0.29) is 0 Å². The Morgan fingerprint density at radius 2 is 2.47 bits per heavy atom. The molecule has 0 spiro atoms. The number of nitrogens with zero attached hydrogens (tertiary/aromatic N) is 4. The molecule has 0 atom stereocenters. The lowest BCUT2D eigenvalue weighted by Crippen LogP contribution is -2.23. The largest absolute Gasteiger partial charge is 0.275 e. The molecule has 0 aromatic carbocycles. The molecule has 0 aliphatic heterocycles. The molecule has 5 heteroatoms. The summed E-state index contributed by atoms with van der Waals surface area (Å²) in [6.45, 7) is 2.17. The van der Waals surface area contributed by atoms with Crippen molar-refractivity contribution in [2.75, 3.05) is 7.05 Å². The lowest BCUT2D eigenvalue weighted by Gasteiger charge is -2.14. The van der Waals surface area contributed by atoms with Crippen LogP contribution < -0.4 is 0 Å². The summed E-state index contributed by atoms with van der Waals surface area (Å²) in [6.07, 6.45) is 3.66. The summed E-state index contributed by atoms with van der Waals surface area (Å²) in [5.41, 5.74) is 0.809. The molecule has 1 aromatic rings. The fraction of sp³-hybridized carbons (Fsp3) is 0.300. The van der Waals surface area contributed by atoms with Crippen molar-refractivity contribution in [3.63, 3.8) is 0 Å². The molecule has 0 unspecified atom stereocenters. The van der Waals surface area contributed by atoms with Crippen LogP contribution in [0.15, 0.2) is 23.3 Å². The second-order valence-electron chi connectivity index (χ2n) is 2.91. The SMILES string of the molecule is CN=C(C)N(C#N)Cc1cccnc1Cl. The molecule has 1 aromatic heterocycles. The third-order valence-electron chi connectivity index (χ3n) is 2.00. The first-order chi connectivity index (χ1) is 7.19. The van der Waals surface area contributed by atoms with Gasteiger partial charge in [0.2, 0.25) is 0 Å². The highest BCUT2D eigenvalue weighted by Crippen LogP contribution is 2.13. The Morgan fingerprint density at radius 1 is 1.73 bits per heavy atom. The fourth-order valence-electron chi connectivity index (χ4n) is 1.05. The minimum atomic E-state index is 0.395. The van der Waals surface area contributed by atoms with Crippen molar-refractivity contribution in [2.24, 2.45) is 4.99 Å². The zero-order valence-corrected chi connectivity index (χ0v) is 9.36. The van der Waals surface area contributed by atoms with E-state index >= 15 is 0 Å². The van der Waals surface area contributed by atoms with E-state index in [1.165, 1.54) is 4.90 Å². The number of hydrogen-bond donors (Lipinski definition) is 0. The van der Waals surface area contributed by atoms with Crippen molar-refractivity contribution < 1.29 is 0 Å². The maximum absolute atomic E-state index is 8.91. The molecule has 1 heterocycles. The zero-order chi connectivity index (χ0) is 11.3. The number of aliphatic imine (C=N–C) groups is 1. The monoisotopic (exact) mass is 222 g/mol. The first-order valence-electron chi connectivity index (χ1n) is 4.39. The van der Waals surface area contributed by atoms with Crippen molar-refractivity contribution in [1.82, 2.24) is 9.88 Å². The van der Waals surface area contributed by atoms with Gasteiger partial charge in [-0.15, -0.1) is 0 Å². The Kier molecular flexibility index (Phi) is 4.07. The number of pyridine rings is 1. The van der Waals surface area contributed by atoms with E-state index in [2.05, 4.69) is 9.98 Å². The number of nitriles is 1. The smallest absolute Gasteiger partial charge is 0.185 e. The zero-order valence-electron chi connectivity index (χ0n) is 8.61. The van der Waals surface area contributed by atoms with E-state index < -0.39 is 0 Å². The second-order valence-corrected chi connectivity index (χ2v) is 3.27. The highest BCUT2D eigenvalue weighted by atomic mass is 35.5. The maximum Gasteiger partial charge on any atom is 0.185 e. The van der Waals surface area contributed by atoms with E-state index in [9.17, 15) is 0 Å². The maximum atomic E-state index is 8.91. The van der Waals surface area contributed by atoms with Gasteiger partial charge in [0, 0.05) is 18.8 Å². The van der Waals surface area contributed by atoms with Gasteiger partial charge in [-0.2, -0.15) is 5.26 Å². The summed E-state index contributed by atoms with van der Waals surface area (Å²) in [6, 6.07) is 3.62. The van der Waals surface area contributed by atoms with Crippen LogP contribution in [0.3, 0.4) is 0 Å². The molecule has 1 rings (SSSR count). The van der Waals surface area contributed by atoms with Crippen LogP contribution >= 0.6 is 11.6 Å². The Bertz CT molecular complexity index is 408. The van der Waals surface area contributed by atoms with Crippen molar-refractivity contribution in [3.8, 4) is 6.19 Å². The van der Waals surface area contributed by atoms with Gasteiger partial charge >= 0.3 is 0 Å². The standard InChI is InChI=1S/C10H11ClN4/c1-8(13-2)15(7-12)6-9-4-3-5-14-10(9)11/h3-5H,6H2,1-2H3. The summed E-state index contributed by atoms with van der Waals surface area (Å²) < 4.78 is 0. The van der Waals surface area contributed by atoms with E-state index in [1.807, 2.05) is 12.3 Å². The molecule has 0 saturated carbocycles. The molecule has 0 bridgehead atoms.